The average Bonchev–Trinajstić information content (AvgIpc) is 2.41. The molecule has 4 nitrogen and oxygen atoms in total. The summed E-state index contributed by atoms with van der Waals surface area (Å²) in [5.74, 6) is -1.83. The van der Waals surface area contributed by atoms with Crippen molar-refractivity contribution in [2.75, 3.05) is 0 Å². The van der Waals surface area contributed by atoms with Crippen molar-refractivity contribution in [3.63, 3.8) is 0 Å². The third-order valence-corrected chi connectivity index (χ3v) is 3.65. The van der Waals surface area contributed by atoms with E-state index in [2.05, 4.69) is 5.32 Å². The second-order valence-corrected chi connectivity index (χ2v) is 5.14. The van der Waals surface area contributed by atoms with E-state index in [9.17, 15) is 18.4 Å². The van der Waals surface area contributed by atoms with Crippen molar-refractivity contribution in [2.45, 2.75) is 45.3 Å². The largest absolute Gasteiger partial charge is 0.343 e. The maximum absolute atomic E-state index is 13.3. The first-order valence-electron chi connectivity index (χ1n) is 7.02. The van der Waals surface area contributed by atoms with Crippen LogP contribution >= 0.6 is 0 Å². The minimum atomic E-state index is -0.695. The van der Waals surface area contributed by atoms with Crippen LogP contribution in [0.4, 0.5) is 8.78 Å². The number of piperazine rings is 1. The van der Waals surface area contributed by atoms with Crippen molar-refractivity contribution in [1.29, 1.82) is 0 Å². The summed E-state index contributed by atoms with van der Waals surface area (Å²) in [7, 11) is 0. The number of hydrogen-bond acceptors (Lipinski definition) is 2. The number of carbonyl (C=O) groups is 2. The van der Waals surface area contributed by atoms with E-state index in [0.29, 0.717) is 18.4 Å². The van der Waals surface area contributed by atoms with E-state index in [-0.39, 0.29) is 18.4 Å². The lowest BCUT2D eigenvalue weighted by Gasteiger charge is -2.38. The minimum Gasteiger partial charge on any atom is -0.343 e. The zero-order valence-electron chi connectivity index (χ0n) is 12.0. The Bertz CT molecular complexity index is 542. The number of halogens is 2. The van der Waals surface area contributed by atoms with E-state index in [1.807, 2.05) is 0 Å². The van der Waals surface area contributed by atoms with E-state index >= 15 is 0 Å². The van der Waals surface area contributed by atoms with Crippen LogP contribution in [-0.2, 0) is 16.1 Å². The highest BCUT2D eigenvalue weighted by atomic mass is 19.1. The van der Waals surface area contributed by atoms with Gasteiger partial charge in [0.1, 0.15) is 23.7 Å². The molecule has 1 fully saturated rings. The number of rotatable bonds is 4. The van der Waals surface area contributed by atoms with E-state index in [4.69, 9.17) is 0 Å². The predicted molar refractivity (Wildman–Crippen MR) is 73.2 cm³/mol. The van der Waals surface area contributed by atoms with Crippen LogP contribution in [0.3, 0.4) is 0 Å². The van der Waals surface area contributed by atoms with E-state index < -0.39 is 23.7 Å². The lowest BCUT2D eigenvalue weighted by atomic mass is 10.0. The van der Waals surface area contributed by atoms with Gasteiger partial charge in [-0.2, -0.15) is 0 Å². The van der Waals surface area contributed by atoms with Crippen LogP contribution in [0, 0.1) is 11.6 Å². The van der Waals surface area contributed by atoms with Crippen LogP contribution in [0.5, 0.6) is 0 Å². The van der Waals surface area contributed by atoms with Gasteiger partial charge >= 0.3 is 0 Å². The summed E-state index contributed by atoms with van der Waals surface area (Å²) in [5, 5.41) is 2.68. The molecule has 0 saturated carbocycles. The molecule has 2 atom stereocenters. The number of benzene rings is 1. The molecule has 0 aromatic heterocycles. The predicted octanol–water partition coefficient (Wildman–Crippen LogP) is 1.98. The van der Waals surface area contributed by atoms with Gasteiger partial charge in [-0.3, -0.25) is 9.59 Å². The Morgan fingerprint density at radius 2 is 1.71 bits per heavy atom. The molecule has 0 aliphatic carbocycles. The molecule has 0 radical (unpaired) electrons. The fourth-order valence-electron chi connectivity index (χ4n) is 2.59. The number of amides is 2. The molecule has 2 unspecified atom stereocenters. The van der Waals surface area contributed by atoms with Crippen LogP contribution in [0.15, 0.2) is 18.2 Å². The van der Waals surface area contributed by atoms with Gasteiger partial charge in [0.15, 0.2) is 0 Å². The topological polar surface area (TPSA) is 49.4 Å². The van der Waals surface area contributed by atoms with Crippen molar-refractivity contribution in [3.8, 4) is 0 Å². The van der Waals surface area contributed by atoms with Gasteiger partial charge < -0.3 is 10.2 Å². The lowest BCUT2D eigenvalue weighted by molar-refractivity contribution is -0.150. The molecule has 1 aromatic carbocycles. The highest BCUT2D eigenvalue weighted by Gasteiger charge is 2.38. The summed E-state index contributed by atoms with van der Waals surface area (Å²) in [6.45, 7) is 3.62. The third kappa shape index (κ3) is 3.20. The molecule has 1 aliphatic rings. The van der Waals surface area contributed by atoms with Gasteiger partial charge in [-0.05, 0) is 30.5 Å². The number of carbonyl (C=O) groups excluding carboxylic acids is 2. The van der Waals surface area contributed by atoms with Gasteiger partial charge in [0.2, 0.25) is 11.8 Å². The first kappa shape index (κ1) is 15.4. The fourth-order valence-corrected chi connectivity index (χ4v) is 2.59. The molecule has 21 heavy (non-hydrogen) atoms. The Labute approximate surface area is 122 Å². The molecule has 1 aromatic rings. The number of nitrogens with one attached hydrogen (secondary N) is 1. The standard InChI is InChI=1S/C15H18F2N2O2/c1-3-12-15(21)19(13(4-2)14(20)18-12)8-9-5-10(16)7-11(17)6-9/h5-7,12-13H,3-4,8H2,1-2H3,(H,18,20). The van der Waals surface area contributed by atoms with Gasteiger partial charge in [0, 0.05) is 12.6 Å². The second-order valence-electron chi connectivity index (χ2n) is 5.14. The summed E-state index contributed by atoms with van der Waals surface area (Å²) < 4.78 is 26.5. The van der Waals surface area contributed by atoms with Crippen molar-refractivity contribution in [1.82, 2.24) is 10.2 Å². The van der Waals surface area contributed by atoms with E-state index in [0.717, 1.165) is 6.07 Å². The van der Waals surface area contributed by atoms with Crippen LogP contribution in [0.2, 0.25) is 0 Å². The Kier molecular flexibility index (Phi) is 4.55. The Morgan fingerprint density at radius 3 is 2.24 bits per heavy atom. The maximum Gasteiger partial charge on any atom is 0.246 e. The highest BCUT2D eigenvalue weighted by Crippen LogP contribution is 2.19. The first-order chi connectivity index (χ1) is 9.96. The van der Waals surface area contributed by atoms with Crippen LogP contribution < -0.4 is 5.32 Å². The molecule has 1 heterocycles. The molecule has 2 amide bonds. The van der Waals surface area contributed by atoms with Crippen molar-refractivity contribution < 1.29 is 18.4 Å². The van der Waals surface area contributed by atoms with Gasteiger partial charge in [-0.25, -0.2) is 8.78 Å². The van der Waals surface area contributed by atoms with Crippen LogP contribution in [0.1, 0.15) is 32.3 Å². The molecule has 114 valence electrons. The van der Waals surface area contributed by atoms with Crippen molar-refractivity contribution in [2.24, 2.45) is 0 Å². The lowest BCUT2D eigenvalue weighted by Crippen LogP contribution is -2.62. The summed E-state index contributed by atoms with van der Waals surface area (Å²) in [5.41, 5.74) is 0.337. The molecule has 1 saturated heterocycles. The third-order valence-electron chi connectivity index (χ3n) is 3.65. The zero-order valence-corrected chi connectivity index (χ0v) is 12.0. The van der Waals surface area contributed by atoms with Gasteiger partial charge in [0.05, 0.1) is 0 Å². The summed E-state index contributed by atoms with van der Waals surface area (Å²) >= 11 is 0. The Hall–Kier alpha value is -1.98. The van der Waals surface area contributed by atoms with Crippen molar-refractivity contribution >= 4 is 11.8 Å². The summed E-state index contributed by atoms with van der Waals surface area (Å²) in [6, 6.07) is 1.96. The summed E-state index contributed by atoms with van der Waals surface area (Å²) in [4.78, 5) is 25.8. The van der Waals surface area contributed by atoms with Gasteiger partial charge in [-0.15, -0.1) is 0 Å². The Morgan fingerprint density at radius 1 is 1.10 bits per heavy atom. The van der Waals surface area contributed by atoms with E-state index in [1.54, 1.807) is 13.8 Å². The van der Waals surface area contributed by atoms with Crippen LogP contribution in [0.25, 0.3) is 0 Å². The van der Waals surface area contributed by atoms with Crippen molar-refractivity contribution in [3.05, 3.63) is 35.4 Å². The SMILES string of the molecule is CCC1NC(=O)C(CC)N(Cc2cc(F)cc(F)c2)C1=O. The van der Waals surface area contributed by atoms with Gasteiger partial charge in [0.25, 0.3) is 0 Å². The molecule has 0 bridgehead atoms. The quantitative estimate of drug-likeness (QED) is 0.923. The van der Waals surface area contributed by atoms with Gasteiger partial charge in [-0.1, -0.05) is 13.8 Å². The second kappa shape index (κ2) is 6.20. The molecule has 0 spiro atoms. The highest BCUT2D eigenvalue weighted by molar-refractivity contribution is 5.96. The molecule has 6 heteroatoms. The minimum absolute atomic E-state index is 0.0237. The summed E-state index contributed by atoms with van der Waals surface area (Å²) in [6.07, 6.45) is 0.931. The van der Waals surface area contributed by atoms with E-state index in [1.165, 1.54) is 17.0 Å². The number of hydrogen-bond donors (Lipinski definition) is 1. The fraction of sp³-hybridized carbons (Fsp3) is 0.467. The maximum atomic E-state index is 13.3. The first-order valence-corrected chi connectivity index (χ1v) is 7.02. The smallest absolute Gasteiger partial charge is 0.246 e. The molecular formula is C15H18F2N2O2. The van der Waals surface area contributed by atoms with Crippen LogP contribution in [-0.4, -0.2) is 28.8 Å². The molecule has 1 aliphatic heterocycles. The normalized spacial score (nSPS) is 22.4. The zero-order chi connectivity index (χ0) is 15.6. The average molecular weight is 296 g/mol. The monoisotopic (exact) mass is 296 g/mol. The molecule has 1 N–H and O–H groups in total. The Balaban J connectivity index is 2.28. The molecule has 2 rings (SSSR count). The molecular weight excluding hydrogens is 278 g/mol. The number of nitrogens with zero attached hydrogens (tertiary/aromatic N) is 1.